The number of carbonyl (C=O) groups excluding carboxylic acids is 1. The van der Waals surface area contributed by atoms with E-state index in [0.29, 0.717) is 19.4 Å². The van der Waals surface area contributed by atoms with E-state index in [1.807, 2.05) is 80.1 Å². The minimum absolute atomic E-state index is 0.0262. The summed E-state index contributed by atoms with van der Waals surface area (Å²) in [5, 5.41) is 7.55. The molecule has 5 heteroatoms. The molecule has 0 atom stereocenters. The molecule has 5 nitrogen and oxygen atoms in total. The molecule has 0 spiro atoms. The van der Waals surface area contributed by atoms with E-state index in [1.54, 1.807) is 0 Å². The fourth-order valence-electron chi connectivity index (χ4n) is 2.97. The smallest absolute Gasteiger partial charge is 0.224 e. The molecule has 0 unspecified atom stereocenters. The zero-order valence-electron chi connectivity index (χ0n) is 16.0. The quantitative estimate of drug-likeness (QED) is 0.624. The van der Waals surface area contributed by atoms with Gasteiger partial charge in [-0.3, -0.25) is 4.79 Å². The second-order valence-electron chi connectivity index (χ2n) is 6.61. The fraction of sp³-hybridized carbons (Fsp3) is 0.273. The highest BCUT2D eigenvalue weighted by Crippen LogP contribution is 2.23. The number of rotatable bonds is 7. The Labute approximate surface area is 160 Å². The average molecular weight is 363 g/mol. The molecule has 1 amide bonds. The van der Waals surface area contributed by atoms with Crippen molar-refractivity contribution in [2.24, 2.45) is 0 Å². The molecule has 27 heavy (non-hydrogen) atoms. The van der Waals surface area contributed by atoms with Gasteiger partial charge in [-0.15, -0.1) is 0 Å². The van der Waals surface area contributed by atoms with Crippen LogP contribution in [0.1, 0.15) is 29.8 Å². The van der Waals surface area contributed by atoms with E-state index in [9.17, 15) is 4.79 Å². The number of nitrogens with one attached hydrogen (secondary N) is 1. The predicted molar refractivity (Wildman–Crippen MR) is 108 cm³/mol. The minimum Gasteiger partial charge on any atom is -0.494 e. The van der Waals surface area contributed by atoms with E-state index in [4.69, 9.17) is 4.74 Å². The number of nitrogens with zero attached hydrogens (tertiary/aromatic N) is 2. The number of benzene rings is 2. The van der Waals surface area contributed by atoms with Crippen molar-refractivity contribution < 1.29 is 9.53 Å². The van der Waals surface area contributed by atoms with Gasteiger partial charge in [0.05, 0.1) is 29.4 Å². The second kappa shape index (κ2) is 8.54. The van der Waals surface area contributed by atoms with Crippen molar-refractivity contribution >= 4 is 11.6 Å². The molecule has 1 N–H and O–H groups in total. The lowest BCUT2D eigenvalue weighted by atomic mass is 10.2. The second-order valence-corrected chi connectivity index (χ2v) is 6.61. The van der Waals surface area contributed by atoms with E-state index in [0.717, 1.165) is 34.1 Å². The molecule has 0 aliphatic heterocycles. The molecule has 0 bridgehead atoms. The molecule has 1 aromatic heterocycles. The van der Waals surface area contributed by atoms with E-state index >= 15 is 0 Å². The Morgan fingerprint density at radius 3 is 2.59 bits per heavy atom. The van der Waals surface area contributed by atoms with Crippen LogP contribution >= 0.6 is 0 Å². The SMILES string of the molecule is Cc1cccc(OCCCC(=O)Nc2c(C)nn(-c3ccccc3)c2C)c1. The Bertz CT molecular complexity index is 917. The molecule has 140 valence electrons. The van der Waals surface area contributed by atoms with Crippen LogP contribution in [0.5, 0.6) is 5.75 Å². The summed E-state index contributed by atoms with van der Waals surface area (Å²) in [6.07, 6.45) is 1.06. The number of anilines is 1. The summed E-state index contributed by atoms with van der Waals surface area (Å²) in [6, 6.07) is 17.8. The summed E-state index contributed by atoms with van der Waals surface area (Å²) < 4.78 is 7.55. The Balaban J connectivity index is 1.54. The van der Waals surface area contributed by atoms with Gasteiger partial charge in [0, 0.05) is 6.42 Å². The topological polar surface area (TPSA) is 56.1 Å². The Kier molecular flexibility index (Phi) is 5.91. The third-order valence-electron chi connectivity index (χ3n) is 4.36. The van der Waals surface area contributed by atoms with Gasteiger partial charge in [0.15, 0.2) is 0 Å². The van der Waals surface area contributed by atoms with Crippen LogP contribution in [0.2, 0.25) is 0 Å². The predicted octanol–water partition coefficient (Wildman–Crippen LogP) is 4.60. The molecule has 1 heterocycles. The first-order valence-corrected chi connectivity index (χ1v) is 9.15. The standard InChI is InChI=1S/C22H25N3O2/c1-16-9-7-12-20(15-16)27-14-8-13-21(26)23-22-17(2)24-25(18(22)3)19-10-5-4-6-11-19/h4-7,9-12,15H,8,13-14H2,1-3H3,(H,23,26). The Hall–Kier alpha value is -3.08. The van der Waals surface area contributed by atoms with Gasteiger partial charge in [-0.2, -0.15) is 5.10 Å². The van der Waals surface area contributed by atoms with Crippen LogP contribution < -0.4 is 10.1 Å². The van der Waals surface area contributed by atoms with E-state index in [-0.39, 0.29) is 5.91 Å². The highest BCUT2D eigenvalue weighted by Gasteiger charge is 2.15. The number of hydrogen-bond acceptors (Lipinski definition) is 3. The van der Waals surface area contributed by atoms with Crippen molar-refractivity contribution in [1.82, 2.24) is 9.78 Å². The summed E-state index contributed by atoms with van der Waals surface area (Å²) in [5.74, 6) is 0.813. The molecule has 0 aliphatic carbocycles. The van der Waals surface area contributed by atoms with Crippen molar-refractivity contribution in [2.75, 3.05) is 11.9 Å². The molecule has 3 aromatic rings. The molecular formula is C22H25N3O2. The molecule has 2 aromatic carbocycles. The number of para-hydroxylation sites is 1. The average Bonchev–Trinajstić information content (AvgIpc) is 2.94. The first-order chi connectivity index (χ1) is 13.0. The van der Waals surface area contributed by atoms with Crippen LogP contribution in [0.25, 0.3) is 5.69 Å². The lowest BCUT2D eigenvalue weighted by Gasteiger charge is -2.08. The van der Waals surface area contributed by atoms with Gasteiger partial charge >= 0.3 is 0 Å². The monoisotopic (exact) mass is 363 g/mol. The van der Waals surface area contributed by atoms with Gasteiger partial charge in [-0.05, 0) is 57.0 Å². The molecule has 3 rings (SSSR count). The van der Waals surface area contributed by atoms with Crippen molar-refractivity contribution in [1.29, 1.82) is 0 Å². The lowest BCUT2D eigenvalue weighted by molar-refractivity contribution is -0.116. The van der Waals surface area contributed by atoms with Crippen LogP contribution in [0.4, 0.5) is 5.69 Å². The van der Waals surface area contributed by atoms with Crippen LogP contribution in [-0.2, 0) is 4.79 Å². The summed E-state index contributed by atoms with van der Waals surface area (Å²) >= 11 is 0. The number of ether oxygens (including phenoxy) is 1. The largest absolute Gasteiger partial charge is 0.494 e. The number of carbonyl (C=O) groups is 1. The van der Waals surface area contributed by atoms with Crippen LogP contribution in [0.3, 0.4) is 0 Å². The zero-order chi connectivity index (χ0) is 19.2. The molecule has 0 aliphatic rings. The first kappa shape index (κ1) is 18.7. The third kappa shape index (κ3) is 4.76. The normalized spacial score (nSPS) is 10.6. The van der Waals surface area contributed by atoms with Gasteiger partial charge < -0.3 is 10.1 Å². The summed E-state index contributed by atoms with van der Waals surface area (Å²) in [7, 11) is 0. The van der Waals surface area contributed by atoms with E-state index in [2.05, 4.69) is 10.4 Å². The number of amides is 1. The summed E-state index contributed by atoms with van der Waals surface area (Å²) in [4.78, 5) is 12.3. The molecule has 0 radical (unpaired) electrons. The van der Waals surface area contributed by atoms with E-state index < -0.39 is 0 Å². The molecule has 0 fully saturated rings. The maximum Gasteiger partial charge on any atom is 0.224 e. The van der Waals surface area contributed by atoms with Gasteiger partial charge in [0.25, 0.3) is 0 Å². The minimum atomic E-state index is -0.0262. The fourth-order valence-corrected chi connectivity index (χ4v) is 2.97. The molecular weight excluding hydrogens is 338 g/mol. The Morgan fingerprint density at radius 1 is 1.07 bits per heavy atom. The summed E-state index contributed by atoms with van der Waals surface area (Å²) in [6.45, 7) is 6.41. The highest BCUT2D eigenvalue weighted by atomic mass is 16.5. The van der Waals surface area contributed by atoms with Crippen molar-refractivity contribution in [3.05, 3.63) is 71.5 Å². The number of aryl methyl sites for hydroxylation is 2. The third-order valence-corrected chi connectivity index (χ3v) is 4.36. The van der Waals surface area contributed by atoms with Crippen molar-refractivity contribution in [3.8, 4) is 11.4 Å². The zero-order valence-corrected chi connectivity index (χ0v) is 16.0. The van der Waals surface area contributed by atoms with Crippen LogP contribution in [0, 0.1) is 20.8 Å². The van der Waals surface area contributed by atoms with Crippen molar-refractivity contribution in [2.45, 2.75) is 33.6 Å². The number of hydrogen-bond donors (Lipinski definition) is 1. The van der Waals surface area contributed by atoms with Gasteiger partial charge in [-0.25, -0.2) is 4.68 Å². The molecule has 0 saturated heterocycles. The maximum atomic E-state index is 12.3. The van der Waals surface area contributed by atoms with Gasteiger partial charge in [-0.1, -0.05) is 30.3 Å². The van der Waals surface area contributed by atoms with Gasteiger partial charge in [0.2, 0.25) is 5.91 Å². The summed E-state index contributed by atoms with van der Waals surface area (Å²) in [5.41, 5.74) is 4.64. The highest BCUT2D eigenvalue weighted by molar-refractivity contribution is 5.92. The number of aromatic nitrogens is 2. The van der Waals surface area contributed by atoms with Crippen LogP contribution in [-0.4, -0.2) is 22.3 Å². The van der Waals surface area contributed by atoms with Crippen molar-refractivity contribution in [3.63, 3.8) is 0 Å². The van der Waals surface area contributed by atoms with Gasteiger partial charge in [0.1, 0.15) is 5.75 Å². The Morgan fingerprint density at radius 2 is 1.85 bits per heavy atom. The maximum absolute atomic E-state index is 12.3. The molecule has 0 saturated carbocycles. The first-order valence-electron chi connectivity index (χ1n) is 9.15. The van der Waals surface area contributed by atoms with E-state index in [1.165, 1.54) is 0 Å². The lowest BCUT2D eigenvalue weighted by Crippen LogP contribution is -2.14. The van der Waals surface area contributed by atoms with Crippen LogP contribution in [0.15, 0.2) is 54.6 Å².